The van der Waals surface area contributed by atoms with Crippen LogP contribution < -0.4 is 0 Å². The molecule has 1 aliphatic heterocycles. The number of aliphatic hydroxyl groups is 1. The first kappa shape index (κ1) is 16.5. The average molecular weight is 305 g/mol. The van der Waals surface area contributed by atoms with Crippen molar-refractivity contribution in [1.29, 1.82) is 0 Å². The van der Waals surface area contributed by atoms with Crippen molar-refractivity contribution in [3.8, 4) is 11.8 Å². The van der Waals surface area contributed by atoms with Gasteiger partial charge in [-0.25, -0.2) is 0 Å². The lowest BCUT2D eigenvalue weighted by Gasteiger charge is -2.21. The van der Waals surface area contributed by atoms with E-state index in [1.54, 1.807) is 0 Å². The van der Waals surface area contributed by atoms with Crippen molar-refractivity contribution in [1.82, 2.24) is 4.90 Å². The first-order chi connectivity index (χ1) is 10.2. The van der Waals surface area contributed by atoms with E-state index in [9.17, 15) is 0 Å². The van der Waals surface area contributed by atoms with Crippen LogP contribution in [0.2, 0.25) is 0 Å². The van der Waals surface area contributed by atoms with E-state index < -0.39 is 0 Å². The number of likely N-dealkylation sites (tertiary alicyclic amines) is 1. The van der Waals surface area contributed by atoms with E-state index >= 15 is 0 Å². The van der Waals surface area contributed by atoms with E-state index in [1.807, 2.05) is 11.3 Å². The molecule has 1 unspecified atom stereocenters. The molecule has 1 saturated heterocycles. The minimum absolute atomic E-state index is 0.148. The molecule has 2 heterocycles. The number of nitrogens with zero attached hydrogens (tertiary/aromatic N) is 1. The molecule has 1 N–H and O–H groups in total. The van der Waals surface area contributed by atoms with Gasteiger partial charge in [0.15, 0.2) is 0 Å². The second-order valence-corrected chi connectivity index (χ2v) is 7.24. The number of hydrogen-bond donors (Lipinski definition) is 1. The molecular formula is C18H27NOS. The minimum atomic E-state index is 0.148. The third kappa shape index (κ3) is 5.14. The topological polar surface area (TPSA) is 23.5 Å². The highest BCUT2D eigenvalue weighted by Crippen LogP contribution is 2.26. The molecule has 0 amide bonds. The highest BCUT2D eigenvalue weighted by Gasteiger charge is 2.20. The Bertz CT molecular complexity index is 483. The molecule has 0 aliphatic carbocycles. The lowest BCUT2D eigenvalue weighted by molar-refractivity contribution is 0.266. The molecule has 0 aromatic carbocycles. The highest BCUT2D eigenvalue weighted by molar-refractivity contribution is 7.10. The molecule has 0 saturated carbocycles. The highest BCUT2D eigenvalue weighted by atomic mass is 32.1. The van der Waals surface area contributed by atoms with Gasteiger partial charge in [-0.3, -0.25) is 4.90 Å². The molecule has 1 atom stereocenters. The summed E-state index contributed by atoms with van der Waals surface area (Å²) in [5.74, 6) is 7.94. The zero-order valence-corrected chi connectivity index (χ0v) is 14.1. The summed E-state index contributed by atoms with van der Waals surface area (Å²) in [5.41, 5.74) is 1.15. The van der Waals surface area contributed by atoms with Gasteiger partial charge in [-0.2, -0.15) is 0 Å². The summed E-state index contributed by atoms with van der Waals surface area (Å²) < 4.78 is 0. The van der Waals surface area contributed by atoms with Crippen LogP contribution in [0.3, 0.4) is 0 Å². The normalized spacial score (nSPS) is 20.1. The second-order valence-electron chi connectivity index (χ2n) is 6.24. The Balaban J connectivity index is 1.93. The van der Waals surface area contributed by atoms with Gasteiger partial charge in [0.05, 0.1) is 6.61 Å². The molecule has 0 bridgehead atoms. The van der Waals surface area contributed by atoms with Crippen LogP contribution in [0, 0.1) is 23.7 Å². The summed E-state index contributed by atoms with van der Waals surface area (Å²) in [4.78, 5) is 3.97. The van der Waals surface area contributed by atoms with Crippen LogP contribution in [-0.4, -0.2) is 29.7 Å². The smallest absolute Gasteiger partial charge is 0.0540 e. The predicted octanol–water partition coefficient (Wildman–Crippen LogP) is 3.74. The standard InChI is InChI=1S/C18H27NOS/c1-15(2)16-7-5-10-19(11-8-16)14-18-17(9-13-21-18)6-3-4-12-20/h9,13,15-16,20H,4-5,7-8,10-12,14H2,1-2H3. The van der Waals surface area contributed by atoms with Crippen molar-refractivity contribution in [3.63, 3.8) is 0 Å². The minimum Gasteiger partial charge on any atom is -0.395 e. The number of hydrogen-bond acceptors (Lipinski definition) is 3. The maximum atomic E-state index is 8.82. The molecule has 2 rings (SSSR count). The van der Waals surface area contributed by atoms with Gasteiger partial charge in [0.1, 0.15) is 0 Å². The maximum Gasteiger partial charge on any atom is 0.0540 e. The van der Waals surface area contributed by atoms with Crippen molar-refractivity contribution in [2.45, 2.75) is 46.1 Å². The zero-order valence-electron chi connectivity index (χ0n) is 13.3. The fraction of sp³-hybridized carbons (Fsp3) is 0.667. The van der Waals surface area contributed by atoms with Crippen molar-refractivity contribution in [2.75, 3.05) is 19.7 Å². The van der Waals surface area contributed by atoms with Crippen LogP contribution >= 0.6 is 11.3 Å². The largest absolute Gasteiger partial charge is 0.395 e. The molecule has 3 heteroatoms. The van der Waals surface area contributed by atoms with Crippen LogP contribution in [0.25, 0.3) is 0 Å². The van der Waals surface area contributed by atoms with E-state index in [-0.39, 0.29) is 6.61 Å². The zero-order chi connectivity index (χ0) is 15.1. The van der Waals surface area contributed by atoms with Crippen LogP contribution in [-0.2, 0) is 6.54 Å². The molecule has 1 aromatic rings. The Morgan fingerprint density at radius 3 is 3.00 bits per heavy atom. The van der Waals surface area contributed by atoms with Crippen molar-refractivity contribution < 1.29 is 5.11 Å². The Morgan fingerprint density at radius 2 is 2.24 bits per heavy atom. The van der Waals surface area contributed by atoms with Gasteiger partial charge in [-0.05, 0) is 55.6 Å². The van der Waals surface area contributed by atoms with Crippen LogP contribution in [0.5, 0.6) is 0 Å². The van der Waals surface area contributed by atoms with E-state index in [0.717, 1.165) is 23.9 Å². The molecular weight excluding hydrogens is 278 g/mol. The number of rotatable bonds is 4. The van der Waals surface area contributed by atoms with Gasteiger partial charge in [0.25, 0.3) is 0 Å². The van der Waals surface area contributed by atoms with Crippen LogP contribution in [0.1, 0.15) is 50.0 Å². The molecule has 21 heavy (non-hydrogen) atoms. The first-order valence-electron chi connectivity index (χ1n) is 8.09. The van der Waals surface area contributed by atoms with Crippen molar-refractivity contribution >= 4 is 11.3 Å². The third-order valence-electron chi connectivity index (χ3n) is 4.38. The fourth-order valence-electron chi connectivity index (χ4n) is 3.00. The summed E-state index contributed by atoms with van der Waals surface area (Å²) >= 11 is 1.81. The Hall–Kier alpha value is -0.820. The maximum absolute atomic E-state index is 8.82. The van der Waals surface area contributed by atoms with E-state index in [0.29, 0.717) is 6.42 Å². The van der Waals surface area contributed by atoms with E-state index in [4.69, 9.17) is 5.11 Å². The SMILES string of the molecule is CC(C)C1CCCN(Cc2sccc2C#CCCO)CC1. The van der Waals surface area contributed by atoms with E-state index in [2.05, 4.69) is 42.0 Å². The van der Waals surface area contributed by atoms with Crippen LogP contribution in [0.4, 0.5) is 0 Å². The molecule has 116 valence electrons. The second kappa shape index (κ2) is 8.58. The quantitative estimate of drug-likeness (QED) is 0.857. The molecule has 1 aliphatic rings. The monoisotopic (exact) mass is 305 g/mol. The molecule has 2 nitrogen and oxygen atoms in total. The predicted molar refractivity (Wildman–Crippen MR) is 90.4 cm³/mol. The lowest BCUT2D eigenvalue weighted by atomic mass is 9.89. The molecule has 1 aromatic heterocycles. The molecule has 0 spiro atoms. The van der Waals surface area contributed by atoms with Gasteiger partial charge < -0.3 is 5.11 Å². The van der Waals surface area contributed by atoms with Crippen LogP contribution in [0.15, 0.2) is 11.4 Å². The Kier molecular flexibility index (Phi) is 6.76. The van der Waals surface area contributed by atoms with Gasteiger partial charge in [-0.15, -0.1) is 11.3 Å². The summed E-state index contributed by atoms with van der Waals surface area (Å²) in [6.45, 7) is 8.32. The molecule has 0 radical (unpaired) electrons. The van der Waals surface area contributed by atoms with E-state index in [1.165, 1.54) is 37.2 Å². The lowest BCUT2D eigenvalue weighted by Crippen LogP contribution is -2.24. The van der Waals surface area contributed by atoms with Crippen molar-refractivity contribution in [3.05, 3.63) is 21.9 Å². The van der Waals surface area contributed by atoms with Gasteiger partial charge in [0.2, 0.25) is 0 Å². The molecule has 1 fully saturated rings. The summed E-state index contributed by atoms with van der Waals surface area (Å²) in [5, 5.41) is 10.9. The fourth-order valence-corrected chi connectivity index (χ4v) is 3.87. The Morgan fingerprint density at radius 1 is 1.38 bits per heavy atom. The van der Waals surface area contributed by atoms with Gasteiger partial charge in [0, 0.05) is 23.4 Å². The number of thiophene rings is 1. The summed E-state index contributed by atoms with van der Waals surface area (Å²) in [6, 6.07) is 2.11. The Labute approximate surface area is 133 Å². The third-order valence-corrected chi connectivity index (χ3v) is 5.29. The van der Waals surface area contributed by atoms with Gasteiger partial charge >= 0.3 is 0 Å². The van der Waals surface area contributed by atoms with Crippen molar-refractivity contribution in [2.24, 2.45) is 11.8 Å². The summed E-state index contributed by atoms with van der Waals surface area (Å²) in [6.07, 6.45) is 4.59. The first-order valence-corrected chi connectivity index (χ1v) is 8.97. The summed E-state index contributed by atoms with van der Waals surface area (Å²) in [7, 11) is 0. The average Bonchev–Trinajstić information content (AvgIpc) is 2.75. The van der Waals surface area contributed by atoms with Gasteiger partial charge in [-0.1, -0.05) is 25.7 Å². The number of aliphatic hydroxyl groups excluding tert-OH is 1.